The number of benzene rings is 1. The van der Waals surface area contributed by atoms with Crippen LogP contribution in [0.3, 0.4) is 0 Å². The smallest absolute Gasteiger partial charge is 0.222 e. The van der Waals surface area contributed by atoms with Gasteiger partial charge in [-0.25, -0.2) is 4.39 Å². The second-order valence-electron chi connectivity index (χ2n) is 6.65. The summed E-state index contributed by atoms with van der Waals surface area (Å²) in [7, 11) is 0. The van der Waals surface area contributed by atoms with E-state index in [-0.39, 0.29) is 17.8 Å². The van der Waals surface area contributed by atoms with Gasteiger partial charge in [-0.3, -0.25) is 4.79 Å². The molecule has 1 aliphatic heterocycles. The van der Waals surface area contributed by atoms with Gasteiger partial charge in [0.15, 0.2) is 0 Å². The lowest BCUT2D eigenvalue weighted by Crippen LogP contribution is -2.36. The summed E-state index contributed by atoms with van der Waals surface area (Å²) >= 11 is 0. The number of rotatable bonds is 10. The quantitative estimate of drug-likeness (QED) is 0.668. The molecule has 0 bridgehead atoms. The molecule has 1 heterocycles. The van der Waals surface area contributed by atoms with Crippen molar-refractivity contribution in [2.75, 3.05) is 19.7 Å². The zero-order valence-electron chi connectivity index (χ0n) is 14.8. The predicted molar refractivity (Wildman–Crippen MR) is 93.2 cm³/mol. The van der Waals surface area contributed by atoms with Gasteiger partial charge in [-0.1, -0.05) is 12.1 Å². The lowest BCUT2D eigenvalue weighted by molar-refractivity contribution is -0.129. The number of amides is 1. The Morgan fingerprint density at radius 1 is 1.42 bits per heavy atom. The highest BCUT2D eigenvalue weighted by molar-refractivity contribution is 5.78. The highest BCUT2D eigenvalue weighted by Crippen LogP contribution is 2.21. The van der Waals surface area contributed by atoms with Gasteiger partial charge >= 0.3 is 0 Å². The van der Waals surface area contributed by atoms with Gasteiger partial charge in [0, 0.05) is 32.2 Å². The van der Waals surface area contributed by atoms with E-state index in [1.807, 2.05) is 24.8 Å². The molecule has 0 saturated carbocycles. The Morgan fingerprint density at radius 3 is 3.00 bits per heavy atom. The van der Waals surface area contributed by atoms with Crippen LogP contribution in [-0.2, 0) is 16.1 Å². The number of nitrogens with one attached hydrogen (secondary N) is 1. The summed E-state index contributed by atoms with van der Waals surface area (Å²) in [5.41, 5.74) is 0.945. The van der Waals surface area contributed by atoms with Crippen molar-refractivity contribution in [1.82, 2.24) is 10.2 Å². The van der Waals surface area contributed by atoms with Crippen LogP contribution in [0.15, 0.2) is 24.3 Å². The van der Waals surface area contributed by atoms with Crippen molar-refractivity contribution in [2.45, 2.75) is 58.2 Å². The van der Waals surface area contributed by atoms with E-state index in [1.54, 1.807) is 12.1 Å². The molecule has 1 aromatic carbocycles. The van der Waals surface area contributed by atoms with E-state index < -0.39 is 0 Å². The van der Waals surface area contributed by atoms with Crippen molar-refractivity contribution in [3.05, 3.63) is 35.6 Å². The molecule has 0 unspecified atom stereocenters. The zero-order chi connectivity index (χ0) is 17.4. The molecule has 2 rings (SSSR count). The van der Waals surface area contributed by atoms with Crippen molar-refractivity contribution in [2.24, 2.45) is 0 Å². The first kappa shape index (κ1) is 18.9. The average molecular weight is 336 g/mol. The molecule has 1 atom stereocenters. The molecular weight excluding hydrogens is 307 g/mol. The van der Waals surface area contributed by atoms with Crippen LogP contribution in [0.1, 0.15) is 45.1 Å². The number of halogens is 1. The molecule has 1 saturated heterocycles. The number of hydrogen-bond donors (Lipinski definition) is 1. The van der Waals surface area contributed by atoms with Crippen LogP contribution in [-0.4, -0.2) is 42.6 Å². The van der Waals surface area contributed by atoms with Gasteiger partial charge in [-0.15, -0.1) is 0 Å². The zero-order valence-corrected chi connectivity index (χ0v) is 14.8. The second kappa shape index (κ2) is 9.74. The van der Waals surface area contributed by atoms with Crippen LogP contribution in [0.2, 0.25) is 0 Å². The van der Waals surface area contributed by atoms with E-state index in [4.69, 9.17) is 4.74 Å². The summed E-state index contributed by atoms with van der Waals surface area (Å²) < 4.78 is 18.7. The van der Waals surface area contributed by atoms with Crippen molar-refractivity contribution in [1.29, 1.82) is 0 Å². The fraction of sp³-hybridized carbons (Fsp3) is 0.632. The van der Waals surface area contributed by atoms with E-state index in [2.05, 4.69) is 5.32 Å². The Morgan fingerprint density at radius 2 is 2.25 bits per heavy atom. The maximum absolute atomic E-state index is 13.1. The Kier molecular flexibility index (Phi) is 7.66. The molecule has 0 spiro atoms. The number of hydrogen-bond acceptors (Lipinski definition) is 3. The summed E-state index contributed by atoms with van der Waals surface area (Å²) in [5.74, 6) is 0.0557. The maximum atomic E-state index is 13.1. The van der Waals surface area contributed by atoms with Gasteiger partial charge in [0.2, 0.25) is 5.91 Å². The largest absolute Gasteiger partial charge is 0.379 e. The normalized spacial score (nSPS) is 17.9. The molecule has 1 fully saturated rings. The SMILES string of the molecule is CC(C)OCCCN1C(=O)CC[C@H]1CCNCc1cccc(F)c1. The van der Waals surface area contributed by atoms with Gasteiger partial charge in [-0.2, -0.15) is 0 Å². The van der Waals surface area contributed by atoms with Crippen molar-refractivity contribution < 1.29 is 13.9 Å². The number of nitrogens with zero attached hydrogens (tertiary/aromatic N) is 1. The molecule has 0 aromatic heterocycles. The topological polar surface area (TPSA) is 41.6 Å². The first-order chi connectivity index (χ1) is 11.6. The lowest BCUT2D eigenvalue weighted by Gasteiger charge is -2.25. The number of carbonyl (C=O) groups is 1. The second-order valence-corrected chi connectivity index (χ2v) is 6.65. The number of ether oxygens (including phenoxy) is 1. The molecule has 134 valence electrons. The molecule has 1 amide bonds. The summed E-state index contributed by atoms with van der Waals surface area (Å²) in [6.45, 7) is 7.00. The standard InChI is InChI=1S/C19H29FN2O2/c1-15(2)24-12-4-11-22-18(7-8-19(22)23)9-10-21-14-16-5-3-6-17(20)13-16/h3,5-6,13,15,18,21H,4,7-12,14H2,1-2H3/t18-/m0/s1. The molecule has 5 heteroatoms. The molecule has 0 radical (unpaired) electrons. The number of carbonyl (C=O) groups excluding carboxylic acids is 1. The van der Waals surface area contributed by atoms with E-state index in [9.17, 15) is 9.18 Å². The van der Waals surface area contributed by atoms with Gasteiger partial charge in [0.25, 0.3) is 0 Å². The maximum Gasteiger partial charge on any atom is 0.222 e. The van der Waals surface area contributed by atoms with Gasteiger partial charge in [-0.05, 0) is 57.4 Å². The molecule has 1 aromatic rings. The minimum Gasteiger partial charge on any atom is -0.379 e. The molecule has 1 aliphatic rings. The first-order valence-corrected chi connectivity index (χ1v) is 8.92. The average Bonchev–Trinajstić information content (AvgIpc) is 2.88. The summed E-state index contributed by atoms with van der Waals surface area (Å²) in [6.07, 6.45) is 3.65. The minimum atomic E-state index is -0.203. The molecule has 0 aliphatic carbocycles. The highest BCUT2D eigenvalue weighted by Gasteiger charge is 2.29. The molecule has 4 nitrogen and oxygen atoms in total. The molecular formula is C19H29FN2O2. The molecule has 1 N–H and O–H groups in total. The lowest BCUT2D eigenvalue weighted by atomic mass is 10.1. The summed E-state index contributed by atoms with van der Waals surface area (Å²) in [6, 6.07) is 6.96. The van der Waals surface area contributed by atoms with Crippen molar-refractivity contribution >= 4 is 5.91 Å². The fourth-order valence-corrected chi connectivity index (χ4v) is 3.10. The van der Waals surface area contributed by atoms with Crippen LogP contribution < -0.4 is 5.32 Å². The third kappa shape index (κ3) is 6.21. The van der Waals surface area contributed by atoms with Crippen LogP contribution in [0.5, 0.6) is 0 Å². The van der Waals surface area contributed by atoms with Crippen LogP contribution in [0.25, 0.3) is 0 Å². The van der Waals surface area contributed by atoms with E-state index in [1.165, 1.54) is 6.07 Å². The number of likely N-dealkylation sites (tertiary alicyclic amines) is 1. The van der Waals surface area contributed by atoms with Gasteiger partial charge in [0.05, 0.1) is 6.10 Å². The van der Waals surface area contributed by atoms with Crippen molar-refractivity contribution in [3.8, 4) is 0 Å². The van der Waals surface area contributed by atoms with E-state index in [0.717, 1.165) is 37.9 Å². The van der Waals surface area contributed by atoms with Crippen molar-refractivity contribution in [3.63, 3.8) is 0 Å². The Balaban J connectivity index is 1.67. The van der Waals surface area contributed by atoms with Crippen LogP contribution in [0, 0.1) is 5.82 Å². The highest BCUT2D eigenvalue weighted by atomic mass is 19.1. The van der Waals surface area contributed by atoms with E-state index >= 15 is 0 Å². The van der Waals surface area contributed by atoms with Gasteiger partial charge < -0.3 is 15.0 Å². The predicted octanol–water partition coefficient (Wildman–Crippen LogP) is 3.11. The fourth-order valence-electron chi connectivity index (χ4n) is 3.10. The minimum absolute atomic E-state index is 0.203. The molecule has 24 heavy (non-hydrogen) atoms. The Bertz CT molecular complexity index is 522. The summed E-state index contributed by atoms with van der Waals surface area (Å²) in [4.78, 5) is 14.0. The monoisotopic (exact) mass is 336 g/mol. The first-order valence-electron chi connectivity index (χ1n) is 8.92. The van der Waals surface area contributed by atoms with E-state index in [0.29, 0.717) is 25.6 Å². The summed E-state index contributed by atoms with van der Waals surface area (Å²) in [5, 5.41) is 3.34. The third-order valence-corrected chi connectivity index (χ3v) is 4.32. The Labute approximate surface area is 144 Å². The van der Waals surface area contributed by atoms with Crippen LogP contribution in [0.4, 0.5) is 4.39 Å². The Hall–Kier alpha value is -1.46. The third-order valence-electron chi connectivity index (χ3n) is 4.32. The van der Waals surface area contributed by atoms with Gasteiger partial charge in [0.1, 0.15) is 5.82 Å². The van der Waals surface area contributed by atoms with Crippen LogP contribution >= 0.6 is 0 Å².